The average molecular weight is 426 g/mol. The molecule has 0 aromatic heterocycles. The zero-order chi connectivity index (χ0) is 21.0. The van der Waals surface area contributed by atoms with E-state index in [1.807, 2.05) is 0 Å². The number of nitrogens with one attached hydrogen (secondary N) is 1. The van der Waals surface area contributed by atoms with E-state index in [-0.39, 0.29) is 36.0 Å². The van der Waals surface area contributed by atoms with Crippen molar-refractivity contribution in [1.29, 1.82) is 0 Å². The quantitative estimate of drug-likeness (QED) is 0.767. The number of amides is 2. The van der Waals surface area contributed by atoms with Crippen LogP contribution in [0.4, 0.5) is 4.39 Å². The molecule has 9 heteroatoms. The number of halogens is 1. The highest BCUT2D eigenvalue weighted by Crippen LogP contribution is 2.20. The maximum atomic E-state index is 13.0. The Morgan fingerprint density at radius 2 is 1.76 bits per heavy atom. The predicted molar refractivity (Wildman–Crippen MR) is 107 cm³/mol. The summed E-state index contributed by atoms with van der Waals surface area (Å²) in [6, 6.07) is 5.84. The fraction of sp³-hybridized carbons (Fsp3) is 0.600. The van der Waals surface area contributed by atoms with E-state index in [0.717, 1.165) is 18.4 Å². The number of nitrogens with zero attached hydrogens (tertiary/aromatic N) is 2. The minimum atomic E-state index is -3.19. The largest absolute Gasteiger partial charge is 0.353 e. The van der Waals surface area contributed by atoms with E-state index >= 15 is 0 Å². The number of hydrogen-bond acceptors (Lipinski definition) is 4. The van der Waals surface area contributed by atoms with Crippen molar-refractivity contribution in [3.8, 4) is 0 Å². The molecule has 0 bridgehead atoms. The summed E-state index contributed by atoms with van der Waals surface area (Å²) in [7, 11) is -3.19. The first-order chi connectivity index (χ1) is 13.7. The number of hydrogen-bond donors (Lipinski definition) is 1. The fourth-order valence-corrected chi connectivity index (χ4v) is 4.83. The molecule has 2 aliphatic heterocycles. The number of carbonyl (C=O) groups excluding carboxylic acids is 2. The molecule has 1 aromatic carbocycles. The van der Waals surface area contributed by atoms with E-state index in [1.165, 1.54) is 22.7 Å². The van der Waals surface area contributed by atoms with Crippen LogP contribution >= 0.6 is 0 Å². The molecule has 160 valence electrons. The summed E-state index contributed by atoms with van der Waals surface area (Å²) in [5.74, 6) is -0.718. The van der Waals surface area contributed by atoms with Gasteiger partial charge in [0.2, 0.25) is 21.8 Å². The molecule has 7 nitrogen and oxygen atoms in total. The van der Waals surface area contributed by atoms with Crippen LogP contribution in [0, 0.1) is 11.7 Å². The van der Waals surface area contributed by atoms with E-state index in [9.17, 15) is 22.4 Å². The molecule has 2 fully saturated rings. The average Bonchev–Trinajstić information content (AvgIpc) is 2.69. The van der Waals surface area contributed by atoms with Gasteiger partial charge in [0.25, 0.3) is 0 Å². The number of rotatable bonds is 5. The summed E-state index contributed by atoms with van der Waals surface area (Å²) in [6.45, 7) is 1.83. The Morgan fingerprint density at radius 1 is 1.10 bits per heavy atom. The zero-order valence-corrected chi connectivity index (χ0v) is 17.5. The SMILES string of the molecule is CS(=O)(=O)N1CCC(NC(=O)C2CCCN(C(=O)Cc3ccc(F)cc3)C2)CC1. The van der Waals surface area contributed by atoms with E-state index in [4.69, 9.17) is 0 Å². The van der Waals surface area contributed by atoms with Gasteiger partial charge in [0, 0.05) is 32.2 Å². The summed E-state index contributed by atoms with van der Waals surface area (Å²) in [5, 5.41) is 3.04. The molecule has 2 aliphatic rings. The van der Waals surface area contributed by atoms with Crippen molar-refractivity contribution in [3.05, 3.63) is 35.6 Å². The van der Waals surface area contributed by atoms with Crippen LogP contribution in [0.3, 0.4) is 0 Å². The van der Waals surface area contributed by atoms with Crippen molar-refractivity contribution in [2.24, 2.45) is 5.92 Å². The summed E-state index contributed by atoms with van der Waals surface area (Å²) in [6.07, 6.45) is 4.08. The van der Waals surface area contributed by atoms with E-state index in [2.05, 4.69) is 5.32 Å². The highest BCUT2D eigenvalue weighted by atomic mass is 32.2. The Hall–Kier alpha value is -2.00. The number of piperidine rings is 2. The van der Waals surface area contributed by atoms with Gasteiger partial charge in [0.05, 0.1) is 18.6 Å². The molecule has 0 radical (unpaired) electrons. The number of benzene rings is 1. The standard InChI is InChI=1S/C20H28FN3O4S/c1-29(27,28)24-11-8-18(9-12-24)22-20(26)16-3-2-10-23(14-16)19(25)13-15-4-6-17(21)7-5-15/h4-7,16,18H,2-3,8-14H2,1H3,(H,22,26). The Kier molecular flexibility index (Phi) is 6.89. The lowest BCUT2D eigenvalue weighted by Gasteiger charge is -2.35. The van der Waals surface area contributed by atoms with Crippen LogP contribution < -0.4 is 5.32 Å². The molecule has 2 amide bonds. The van der Waals surface area contributed by atoms with Gasteiger partial charge in [-0.15, -0.1) is 0 Å². The van der Waals surface area contributed by atoms with Gasteiger partial charge < -0.3 is 10.2 Å². The Morgan fingerprint density at radius 3 is 2.38 bits per heavy atom. The van der Waals surface area contributed by atoms with Gasteiger partial charge in [0.1, 0.15) is 5.82 Å². The van der Waals surface area contributed by atoms with Crippen molar-refractivity contribution in [1.82, 2.24) is 14.5 Å². The molecule has 1 aromatic rings. The second-order valence-electron chi connectivity index (χ2n) is 7.93. The zero-order valence-electron chi connectivity index (χ0n) is 16.6. The summed E-state index contributed by atoms with van der Waals surface area (Å²) in [5.41, 5.74) is 0.751. The molecule has 3 rings (SSSR count). The molecule has 0 saturated carbocycles. The molecule has 29 heavy (non-hydrogen) atoms. The van der Waals surface area contributed by atoms with Gasteiger partial charge in [-0.2, -0.15) is 0 Å². The van der Waals surface area contributed by atoms with Crippen LogP contribution in [0.25, 0.3) is 0 Å². The Balaban J connectivity index is 1.49. The molecule has 0 spiro atoms. The van der Waals surface area contributed by atoms with Crippen molar-refractivity contribution >= 4 is 21.8 Å². The van der Waals surface area contributed by atoms with Crippen LogP contribution in [-0.4, -0.2) is 67.9 Å². The third-order valence-corrected chi connectivity index (χ3v) is 6.99. The Bertz CT molecular complexity index is 836. The molecular formula is C20H28FN3O4S. The van der Waals surface area contributed by atoms with Gasteiger partial charge in [-0.25, -0.2) is 17.1 Å². The number of carbonyl (C=O) groups is 2. The minimum Gasteiger partial charge on any atom is -0.353 e. The van der Waals surface area contributed by atoms with Crippen LogP contribution in [0.15, 0.2) is 24.3 Å². The normalized spacial score (nSPS) is 21.7. The lowest BCUT2D eigenvalue weighted by Crippen LogP contribution is -2.50. The van der Waals surface area contributed by atoms with Crippen LogP contribution in [-0.2, 0) is 26.0 Å². The molecule has 2 heterocycles. The summed E-state index contributed by atoms with van der Waals surface area (Å²) in [4.78, 5) is 27.0. The third-order valence-electron chi connectivity index (χ3n) is 5.68. The first-order valence-corrected chi connectivity index (χ1v) is 11.8. The number of likely N-dealkylation sites (tertiary alicyclic amines) is 1. The third kappa shape index (κ3) is 5.99. The predicted octanol–water partition coefficient (Wildman–Crippen LogP) is 1.15. The van der Waals surface area contributed by atoms with Crippen molar-refractivity contribution in [3.63, 3.8) is 0 Å². The smallest absolute Gasteiger partial charge is 0.227 e. The molecule has 2 saturated heterocycles. The molecule has 1 unspecified atom stereocenters. The van der Waals surface area contributed by atoms with Gasteiger partial charge >= 0.3 is 0 Å². The highest BCUT2D eigenvalue weighted by molar-refractivity contribution is 7.88. The van der Waals surface area contributed by atoms with E-state index < -0.39 is 10.0 Å². The lowest BCUT2D eigenvalue weighted by atomic mass is 9.95. The van der Waals surface area contributed by atoms with Crippen molar-refractivity contribution in [2.75, 3.05) is 32.4 Å². The maximum Gasteiger partial charge on any atom is 0.227 e. The van der Waals surface area contributed by atoms with Crippen LogP contribution in [0.2, 0.25) is 0 Å². The highest BCUT2D eigenvalue weighted by Gasteiger charge is 2.31. The van der Waals surface area contributed by atoms with Gasteiger partial charge in [-0.1, -0.05) is 12.1 Å². The monoisotopic (exact) mass is 425 g/mol. The van der Waals surface area contributed by atoms with Gasteiger partial charge in [0.15, 0.2) is 0 Å². The van der Waals surface area contributed by atoms with E-state index in [1.54, 1.807) is 17.0 Å². The van der Waals surface area contributed by atoms with E-state index in [0.29, 0.717) is 39.0 Å². The second-order valence-corrected chi connectivity index (χ2v) is 9.91. The molecule has 0 aliphatic carbocycles. The summed E-state index contributed by atoms with van der Waals surface area (Å²) < 4.78 is 37.6. The first kappa shape index (κ1) is 21.7. The summed E-state index contributed by atoms with van der Waals surface area (Å²) >= 11 is 0. The fourth-order valence-electron chi connectivity index (χ4n) is 3.96. The molecule has 1 atom stereocenters. The van der Waals surface area contributed by atoms with Gasteiger partial charge in [-0.05, 0) is 43.4 Å². The topological polar surface area (TPSA) is 86.8 Å². The van der Waals surface area contributed by atoms with Crippen LogP contribution in [0.1, 0.15) is 31.2 Å². The first-order valence-electron chi connectivity index (χ1n) is 10.00. The maximum absolute atomic E-state index is 13.0. The minimum absolute atomic E-state index is 0.0363. The van der Waals surface area contributed by atoms with Crippen molar-refractivity contribution in [2.45, 2.75) is 38.1 Å². The second kappa shape index (κ2) is 9.21. The van der Waals surface area contributed by atoms with Crippen molar-refractivity contribution < 1.29 is 22.4 Å². The Labute approximate surface area is 171 Å². The molecular weight excluding hydrogens is 397 g/mol. The van der Waals surface area contributed by atoms with Gasteiger partial charge in [-0.3, -0.25) is 9.59 Å². The van der Waals surface area contributed by atoms with Crippen LogP contribution in [0.5, 0.6) is 0 Å². The number of sulfonamides is 1. The lowest BCUT2D eigenvalue weighted by molar-refractivity contribution is -0.135. The molecule has 1 N–H and O–H groups in total.